The van der Waals surface area contributed by atoms with Crippen LogP contribution in [0.4, 0.5) is 5.69 Å². The van der Waals surface area contributed by atoms with Gasteiger partial charge in [-0.05, 0) is 29.7 Å². The number of nitrogens with zero attached hydrogens (tertiary/aromatic N) is 1. The number of hydrogen-bond acceptors (Lipinski definition) is 2. The summed E-state index contributed by atoms with van der Waals surface area (Å²) in [4.78, 5) is 2.13. The Bertz CT molecular complexity index is 529. The minimum Gasteiger partial charge on any atom is -0.378 e. The zero-order valence-electron chi connectivity index (χ0n) is 13.5. The highest BCUT2D eigenvalue weighted by Gasteiger charge is 2.13. The highest BCUT2D eigenvalue weighted by atomic mass is 15.1. The zero-order chi connectivity index (χ0) is 15.2. The van der Waals surface area contributed by atoms with Crippen molar-refractivity contribution in [2.24, 2.45) is 0 Å². The van der Waals surface area contributed by atoms with Crippen LogP contribution < -0.4 is 10.2 Å². The maximum atomic E-state index is 3.68. The molecule has 112 valence electrons. The third-order valence-electron chi connectivity index (χ3n) is 3.63. The van der Waals surface area contributed by atoms with E-state index in [0.717, 1.165) is 6.42 Å². The third-order valence-corrected chi connectivity index (χ3v) is 3.63. The van der Waals surface area contributed by atoms with E-state index in [4.69, 9.17) is 0 Å². The summed E-state index contributed by atoms with van der Waals surface area (Å²) >= 11 is 0. The van der Waals surface area contributed by atoms with Crippen LogP contribution in [0.1, 0.15) is 31.0 Å². The van der Waals surface area contributed by atoms with Gasteiger partial charge < -0.3 is 10.2 Å². The van der Waals surface area contributed by atoms with E-state index in [1.54, 1.807) is 0 Å². The minimum atomic E-state index is 0.351. The SMILES string of the molecule is CC(C)NC(Cc1ccccc1)c1ccc(N(C)C)cc1. The number of hydrogen-bond donors (Lipinski definition) is 1. The molecule has 0 bridgehead atoms. The predicted octanol–water partition coefficient (Wildman–Crippen LogP) is 4.03. The molecule has 21 heavy (non-hydrogen) atoms. The van der Waals surface area contributed by atoms with E-state index in [1.165, 1.54) is 16.8 Å². The van der Waals surface area contributed by atoms with E-state index in [1.807, 2.05) is 0 Å². The molecule has 2 heteroatoms. The van der Waals surface area contributed by atoms with Crippen LogP contribution in [0.5, 0.6) is 0 Å². The van der Waals surface area contributed by atoms with Crippen molar-refractivity contribution in [1.82, 2.24) is 5.32 Å². The first kappa shape index (κ1) is 15.6. The van der Waals surface area contributed by atoms with E-state index in [0.29, 0.717) is 12.1 Å². The van der Waals surface area contributed by atoms with E-state index in [2.05, 4.69) is 92.8 Å². The fourth-order valence-corrected chi connectivity index (χ4v) is 2.53. The zero-order valence-corrected chi connectivity index (χ0v) is 13.5. The molecule has 0 aliphatic heterocycles. The molecule has 2 aromatic rings. The van der Waals surface area contributed by atoms with Crippen LogP contribution in [-0.4, -0.2) is 20.1 Å². The van der Waals surface area contributed by atoms with Gasteiger partial charge >= 0.3 is 0 Å². The molecular formula is C19H26N2. The maximum absolute atomic E-state index is 3.68. The average Bonchev–Trinajstić information content (AvgIpc) is 2.47. The van der Waals surface area contributed by atoms with Crippen molar-refractivity contribution in [2.75, 3.05) is 19.0 Å². The minimum absolute atomic E-state index is 0.351. The van der Waals surface area contributed by atoms with Gasteiger partial charge in [0.25, 0.3) is 0 Å². The molecule has 0 fully saturated rings. The molecule has 0 aliphatic carbocycles. The van der Waals surface area contributed by atoms with Crippen molar-refractivity contribution in [1.29, 1.82) is 0 Å². The normalized spacial score (nSPS) is 12.4. The van der Waals surface area contributed by atoms with Crippen molar-refractivity contribution in [2.45, 2.75) is 32.4 Å². The van der Waals surface area contributed by atoms with Crippen LogP contribution in [0, 0.1) is 0 Å². The molecule has 1 N–H and O–H groups in total. The summed E-state index contributed by atoms with van der Waals surface area (Å²) in [5.41, 5.74) is 3.95. The van der Waals surface area contributed by atoms with Crippen molar-refractivity contribution >= 4 is 5.69 Å². The molecule has 0 spiro atoms. The van der Waals surface area contributed by atoms with Crippen molar-refractivity contribution in [3.63, 3.8) is 0 Å². The lowest BCUT2D eigenvalue weighted by molar-refractivity contribution is 0.475. The van der Waals surface area contributed by atoms with E-state index in [-0.39, 0.29) is 0 Å². The van der Waals surface area contributed by atoms with Gasteiger partial charge in [0.15, 0.2) is 0 Å². The number of nitrogens with one attached hydrogen (secondary N) is 1. The van der Waals surface area contributed by atoms with Gasteiger partial charge in [0, 0.05) is 31.9 Å². The van der Waals surface area contributed by atoms with Gasteiger partial charge in [0.1, 0.15) is 0 Å². The Kier molecular flexibility index (Phi) is 5.40. The first-order valence-electron chi connectivity index (χ1n) is 7.63. The van der Waals surface area contributed by atoms with Crippen LogP contribution in [-0.2, 0) is 6.42 Å². The Hall–Kier alpha value is -1.80. The first-order valence-corrected chi connectivity index (χ1v) is 7.63. The molecule has 2 nitrogen and oxygen atoms in total. The van der Waals surface area contributed by atoms with Gasteiger partial charge in [-0.15, -0.1) is 0 Å². The molecule has 1 unspecified atom stereocenters. The van der Waals surface area contributed by atoms with Gasteiger partial charge in [0.05, 0.1) is 0 Å². The molecule has 0 radical (unpaired) electrons. The number of benzene rings is 2. The molecular weight excluding hydrogens is 256 g/mol. The average molecular weight is 282 g/mol. The largest absolute Gasteiger partial charge is 0.378 e. The fourth-order valence-electron chi connectivity index (χ4n) is 2.53. The highest BCUT2D eigenvalue weighted by Crippen LogP contribution is 2.22. The molecule has 1 atom stereocenters. The molecule has 0 heterocycles. The Morgan fingerprint density at radius 3 is 2.05 bits per heavy atom. The standard InChI is InChI=1S/C19H26N2/c1-15(2)20-19(14-16-8-6-5-7-9-16)17-10-12-18(13-11-17)21(3)4/h5-13,15,19-20H,14H2,1-4H3. The Morgan fingerprint density at radius 2 is 1.52 bits per heavy atom. The molecule has 0 aliphatic rings. The lowest BCUT2D eigenvalue weighted by atomic mass is 9.98. The second-order valence-electron chi connectivity index (χ2n) is 6.05. The van der Waals surface area contributed by atoms with Gasteiger partial charge in [-0.3, -0.25) is 0 Å². The quantitative estimate of drug-likeness (QED) is 0.860. The lowest BCUT2D eigenvalue weighted by Crippen LogP contribution is -2.29. The van der Waals surface area contributed by atoms with Crippen LogP contribution in [0.15, 0.2) is 54.6 Å². The monoisotopic (exact) mass is 282 g/mol. The number of anilines is 1. The summed E-state index contributed by atoms with van der Waals surface area (Å²) < 4.78 is 0. The summed E-state index contributed by atoms with van der Waals surface area (Å²) in [7, 11) is 4.14. The highest BCUT2D eigenvalue weighted by molar-refractivity contribution is 5.46. The molecule has 0 saturated carbocycles. The smallest absolute Gasteiger partial charge is 0.0362 e. The van der Waals surface area contributed by atoms with Crippen LogP contribution >= 0.6 is 0 Å². The molecule has 0 saturated heterocycles. The van der Waals surface area contributed by atoms with Crippen LogP contribution in [0.2, 0.25) is 0 Å². The van der Waals surface area contributed by atoms with Crippen LogP contribution in [0.25, 0.3) is 0 Å². The Morgan fingerprint density at radius 1 is 0.905 bits per heavy atom. The summed E-state index contributed by atoms with van der Waals surface area (Å²) in [6.45, 7) is 4.40. The molecule has 2 rings (SSSR count). The van der Waals surface area contributed by atoms with Gasteiger partial charge in [-0.1, -0.05) is 56.3 Å². The topological polar surface area (TPSA) is 15.3 Å². The van der Waals surface area contributed by atoms with Crippen molar-refractivity contribution in [3.8, 4) is 0 Å². The summed E-state index contributed by atoms with van der Waals surface area (Å²) in [5.74, 6) is 0. The Labute approximate surface area is 128 Å². The molecule has 2 aromatic carbocycles. The maximum Gasteiger partial charge on any atom is 0.0362 e. The summed E-state index contributed by atoms with van der Waals surface area (Å²) in [6.07, 6.45) is 1.01. The van der Waals surface area contributed by atoms with Crippen molar-refractivity contribution in [3.05, 3.63) is 65.7 Å². The predicted molar refractivity (Wildman–Crippen MR) is 91.9 cm³/mol. The summed E-state index contributed by atoms with van der Waals surface area (Å²) in [6, 6.07) is 20.3. The van der Waals surface area contributed by atoms with Gasteiger partial charge in [-0.25, -0.2) is 0 Å². The van der Waals surface area contributed by atoms with Crippen LogP contribution in [0.3, 0.4) is 0 Å². The van der Waals surface area contributed by atoms with E-state index >= 15 is 0 Å². The lowest BCUT2D eigenvalue weighted by Gasteiger charge is -2.23. The van der Waals surface area contributed by atoms with Gasteiger partial charge in [0.2, 0.25) is 0 Å². The summed E-state index contributed by atoms with van der Waals surface area (Å²) in [5, 5.41) is 3.68. The van der Waals surface area contributed by atoms with Gasteiger partial charge in [-0.2, -0.15) is 0 Å². The number of rotatable bonds is 6. The second-order valence-corrected chi connectivity index (χ2v) is 6.05. The van der Waals surface area contributed by atoms with E-state index < -0.39 is 0 Å². The van der Waals surface area contributed by atoms with E-state index in [9.17, 15) is 0 Å². The third kappa shape index (κ3) is 4.61. The second kappa shape index (κ2) is 7.28. The molecule has 0 amide bonds. The molecule has 0 aromatic heterocycles. The fraction of sp³-hybridized carbons (Fsp3) is 0.368. The first-order chi connectivity index (χ1) is 10.1. The Balaban J connectivity index is 2.19. The van der Waals surface area contributed by atoms with Crippen molar-refractivity contribution < 1.29 is 0 Å².